The van der Waals surface area contributed by atoms with E-state index in [0.29, 0.717) is 5.88 Å². The molecule has 0 aromatic carbocycles. The van der Waals surface area contributed by atoms with Crippen molar-refractivity contribution in [3.05, 3.63) is 16.8 Å². The smallest absolute Gasteiger partial charge is 0.341 e. The van der Waals surface area contributed by atoms with Gasteiger partial charge in [-0.25, -0.2) is 14.8 Å². The number of aliphatic carboxylic acids is 1. The van der Waals surface area contributed by atoms with Gasteiger partial charge in [-0.3, -0.25) is 0 Å². The van der Waals surface area contributed by atoms with Gasteiger partial charge in [0.2, 0.25) is 5.88 Å². The SMILES string of the molecule is Cc1sc2ncnc(OCC(=O)O)c2c1C. The molecule has 16 heavy (non-hydrogen) atoms. The molecule has 84 valence electrons. The molecule has 2 aromatic rings. The number of aryl methyl sites for hydroxylation is 2. The Morgan fingerprint density at radius 2 is 2.25 bits per heavy atom. The zero-order chi connectivity index (χ0) is 11.7. The summed E-state index contributed by atoms with van der Waals surface area (Å²) in [5, 5.41) is 9.37. The molecular formula is C10H10N2O3S. The zero-order valence-corrected chi connectivity index (χ0v) is 9.67. The number of hydrogen-bond donors (Lipinski definition) is 1. The average molecular weight is 238 g/mol. The highest BCUT2D eigenvalue weighted by atomic mass is 32.1. The number of nitrogens with zero attached hydrogens (tertiary/aromatic N) is 2. The maximum Gasteiger partial charge on any atom is 0.341 e. The van der Waals surface area contributed by atoms with E-state index in [2.05, 4.69) is 9.97 Å². The van der Waals surface area contributed by atoms with Gasteiger partial charge < -0.3 is 9.84 Å². The van der Waals surface area contributed by atoms with Gasteiger partial charge in [0.1, 0.15) is 11.2 Å². The standard InChI is InChI=1S/C10H10N2O3S/c1-5-6(2)16-10-8(5)9(11-4-12-10)15-3-7(13)14/h4H,3H2,1-2H3,(H,13,14). The van der Waals surface area contributed by atoms with Crippen molar-refractivity contribution in [1.82, 2.24) is 9.97 Å². The number of carboxylic acid groups (broad SMARTS) is 1. The van der Waals surface area contributed by atoms with E-state index in [-0.39, 0.29) is 6.61 Å². The lowest BCUT2D eigenvalue weighted by atomic mass is 10.2. The summed E-state index contributed by atoms with van der Waals surface area (Å²) in [6.45, 7) is 3.55. The van der Waals surface area contributed by atoms with E-state index in [0.717, 1.165) is 20.7 Å². The summed E-state index contributed by atoms with van der Waals surface area (Å²) >= 11 is 1.55. The van der Waals surface area contributed by atoms with Crippen LogP contribution in [0.2, 0.25) is 0 Å². The fourth-order valence-corrected chi connectivity index (χ4v) is 2.38. The Hall–Kier alpha value is -1.69. The number of thiophene rings is 1. The third kappa shape index (κ3) is 1.83. The topological polar surface area (TPSA) is 72.3 Å². The lowest BCUT2D eigenvalue weighted by molar-refractivity contribution is -0.139. The molecular weight excluding hydrogens is 228 g/mol. The number of carboxylic acids is 1. The van der Waals surface area contributed by atoms with Crippen LogP contribution < -0.4 is 4.74 Å². The molecule has 0 radical (unpaired) electrons. The summed E-state index contributed by atoms with van der Waals surface area (Å²) in [5.74, 6) is -0.675. The maximum atomic E-state index is 10.4. The normalized spacial score (nSPS) is 10.6. The fourth-order valence-electron chi connectivity index (χ4n) is 1.39. The number of carbonyl (C=O) groups is 1. The van der Waals surface area contributed by atoms with E-state index in [9.17, 15) is 4.79 Å². The molecule has 0 saturated heterocycles. The minimum atomic E-state index is -1.02. The lowest BCUT2D eigenvalue weighted by Gasteiger charge is -2.03. The summed E-state index contributed by atoms with van der Waals surface area (Å²) in [4.78, 5) is 20.5. The summed E-state index contributed by atoms with van der Waals surface area (Å²) < 4.78 is 5.13. The molecule has 6 heteroatoms. The molecule has 0 unspecified atom stereocenters. The molecule has 0 aliphatic heterocycles. The Kier molecular flexibility index (Phi) is 2.74. The molecule has 5 nitrogen and oxygen atoms in total. The van der Waals surface area contributed by atoms with Crippen LogP contribution in [0.15, 0.2) is 6.33 Å². The van der Waals surface area contributed by atoms with E-state index in [1.165, 1.54) is 6.33 Å². The average Bonchev–Trinajstić information content (AvgIpc) is 2.52. The highest BCUT2D eigenvalue weighted by Gasteiger charge is 2.13. The van der Waals surface area contributed by atoms with E-state index >= 15 is 0 Å². The second-order valence-corrected chi connectivity index (χ2v) is 4.53. The van der Waals surface area contributed by atoms with Crippen molar-refractivity contribution in [1.29, 1.82) is 0 Å². The molecule has 0 saturated carbocycles. The Bertz CT molecular complexity index is 550. The first-order chi connectivity index (χ1) is 7.59. The number of ether oxygens (including phenoxy) is 1. The van der Waals surface area contributed by atoms with Crippen LogP contribution in [0.5, 0.6) is 5.88 Å². The van der Waals surface area contributed by atoms with Crippen LogP contribution in [-0.4, -0.2) is 27.7 Å². The van der Waals surface area contributed by atoms with E-state index in [1.807, 2.05) is 13.8 Å². The van der Waals surface area contributed by atoms with Crippen molar-refractivity contribution >= 4 is 27.5 Å². The van der Waals surface area contributed by atoms with Gasteiger partial charge in [-0.15, -0.1) is 11.3 Å². The van der Waals surface area contributed by atoms with Gasteiger partial charge in [0.05, 0.1) is 5.39 Å². The van der Waals surface area contributed by atoms with Crippen molar-refractivity contribution in [2.75, 3.05) is 6.61 Å². The Labute approximate surface area is 95.7 Å². The van der Waals surface area contributed by atoms with Crippen molar-refractivity contribution in [3.8, 4) is 5.88 Å². The van der Waals surface area contributed by atoms with Crippen molar-refractivity contribution in [2.45, 2.75) is 13.8 Å². The van der Waals surface area contributed by atoms with Crippen molar-refractivity contribution in [3.63, 3.8) is 0 Å². The highest BCUT2D eigenvalue weighted by molar-refractivity contribution is 7.18. The first kappa shape index (κ1) is 10.8. The van der Waals surface area contributed by atoms with Crippen LogP contribution in [0.4, 0.5) is 0 Å². The molecule has 0 fully saturated rings. The summed E-state index contributed by atoms with van der Waals surface area (Å²) in [5.41, 5.74) is 1.04. The molecule has 2 heterocycles. The summed E-state index contributed by atoms with van der Waals surface area (Å²) in [6, 6.07) is 0. The number of aromatic nitrogens is 2. The number of hydrogen-bond acceptors (Lipinski definition) is 5. The van der Waals surface area contributed by atoms with Crippen LogP contribution >= 0.6 is 11.3 Å². The molecule has 0 amide bonds. The minimum Gasteiger partial charge on any atom is -0.479 e. The lowest BCUT2D eigenvalue weighted by Crippen LogP contribution is -2.10. The van der Waals surface area contributed by atoms with Gasteiger partial charge in [0, 0.05) is 4.88 Å². The van der Waals surface area contributed by atoms with Crippen LogP contribution in [0.1, 0.15) is 10.4 Å². The van der Waals surface area contributed by atoms with E-state index in [4.69, 9.17) is 9.84 Å². The second-order valence-electron chi connectivity index (χ2n) is 3.32. The van der Waals surface area contributed by atoms with E-state index < -0.39 is 5.97 Å². The highest BCUT2D eigenvalue weighted by Crippen LogP contribution is 2.33. The van der Waals surface area contributed by atoms with Crippen LogP contribution in [0.3, 0.4) is 0 Å². The number of fused-ring (bicyclic) bond motifs is 1. The third-order valence-electron chi connectivity index (χ3n) is 2.26. The zero-order valence-electron chi connectivity index (χ0n) is 8.85. The van der Waals surface area contributed by atoms with Gasteiger partial charge >= 0.3 is 5.97 Å². The first-order valence-electron chi connectivity index (χ1n) is 4.65. The first-order valence-corrected chi connectivity index (χ1v) is 5.46. The maximum absolute atomic E-state index is 10.4. The quantitative estimate of drug-likeness (QED) is 0.882. The van der Waals surface area contributed by atoms with Crippen molar-refractivity contribution in [2.24, 2.45) is 0 Å². The molecule has 0 aliphatic carbocycles. The van der Waals surface area contributed by atoms with Gasteiger partial charge in [0.15, 0.2) is 6.61 Å². The second kappa shape index (κ2) is 4.05. The van der Waals surface area contributed by atoms with Crippen LogP contribution in [-0.2, 0) is 4.79 Å². The van der Waals surface area contributed by atoms with Crippen molar-refractivity contribution < 1.29 is 14.6 Å². The molecule has 0 bridgehead atoms. The van der Waals surface area contributed by atoms with Gasteiger partial charge in [-0.2, -0.15) is 0 Å². The van der Waals surface area contributed by atoms with Crippen LogP contribution in [0, 0.1) is 13.8 Å². The van der Waals surface area contributed by atoms with Gasteiger partial charge in [-0.1, -0.05) is 0 Å². The largest absolute Gasteiger partial charge is 0.479 e. The predicted molar refractivity (Wildman–Crippen MR) is 60.0 cm³/mol. The monoisotopic (exact) mass is 238 g/mol. The molecule has 1 N–H and O–H groups in total. The van der Waals surface area contributed by atoms with E-state index in [1.54, 1.807) is 11.3 Å². The van der Waals surface area contributed by atoms with Gasteiger partial charge in [0.25, 0.3) is 0 Å². The molecule has 2 rings (SSSR count). The third-order valence-corrected chi connectivity index (χ3v) is 3.38. The summed E-state index contributed by atoms with van der Waals surface area (Å²) in [6.07, 6.45) is 1.38. The van der Waals surface area contributed by atoms with Crippen LogP contribution in [0.25, 0.3) is 10.2 Å². The number of rotatable bonds is 3. The Morgan fingerprint density at radius 1 is 1.50 bits per heavy atom. The molecule has 0 aliphatic rings. The Morgan fingerprint density at radius 3 is 2.94 bits per heavy atom. The molecule has 2 aromatic heterocycles. The minimum absolute atomic E-state index is 0.342. The molecule has 0 atom stereocenters. The molecule has 0 spiro atoms. The summed E-state index contributed by atoms with van der Waals surface area (Å²) in [7, 11) is 0. The Balaban J connectivity index is 2.48. The fraction of sp³-hybridized carbons (Fsp3) is 0.300. The van der Waals surface area contributed by atoms with Gasteiger partial charge in [-0.05, 0) is 19.4 Å². The predicted octanol–water partition coefficient (Wildman–Crippen LogP) is 1.77.